The lowest BCUT2D eigenvalue weighted by molar-refractivity contribution is -0.140. The molecular formula is C21H32N4O3. The molecule has 7 nitrogen and oxygen atoms in total. The number of carbonyl (C=O) groups is 2. The zero-order valence-corrected chi connectivity index (χ0v) is 17.6. The van der Waals surface area contributed by atoms with E-state index in [9.17, 15) is 9.59 Å². The third-order valence-corrected chi connectivity index (χ3v) is 5.67. The number of carbonyl (C=O) groups excluding carboxylic acids is 2. The van der Waals surface area contributed by atoms with Gasteiger partial charge in [0.1, 0.15) is 18.8 Å². The number of likely N-dealkylation sites (tertiary alicyclic amines) is 1. The molecule has 2 amide bonds. The standard InChI is InChI=1S/C21H32N4O3/c1-14(2)17-12-28-20(27)25(17)18-11-16(22-13-23-18)10-15-6-8-24(9-7-15)19(26)21(3,4)5/h11,13-15,17H,6-10,12H2,1-5H3/t17-/m0/s1. The van der Waals surface area contributed by atoms with Crippen LogP contribution in [-0.4, -0.2) is 52.6 Å². The van der Waals surface area contributed by atoms with Gasteiger partial charge in [-0.25, -0.2) is 14.8 Å². The lowest BCUT2D eigenvalue weighted by Gasteiger charge is -2.35. The molecule has 0 N–H and O–H groups in total. The molecule has 0 aromatic carbocycles. The summed E-state index contributed by atoms with van der Waals surface area (Å²) in [6.07, 6.45) is 3.98. The van der Waals surface area contributed by atoms with Crippen LogP contribution in [-0.2, 0) is 16.0 Å². The number of amides is 2. The topological polar surface area (TPSA) is 75.6 Å². The number of nitrogens with zero attached hydrogens (tertiary/aromatic N) is 4. The third-order valence-electron chi connectivity index (χ3n) is 5.67. The fraction of sp³-hybridized carbons (Fsp3) is 0.714. The Kier molecular flexibility index (Phi) is 5.91. The van der Waals surface area contributed by atoms with Crippen molar-refractivity contribution >= 4 is 17.8 Å². The molecule has 2 fully saturated rings. The molecule has 1 aromatic rings. The number of rotatable bonds is 4. The van der Waals surface area contributed by atoms with Gasteiger partial charge in [0.05, 0.1) is 6.04 Å². The van der Waals surface area contributed by atoms with E-state index in [2.05, 4.69) is 23.8 Å². The summed E-state index contributed by atoms with van der Waals surface area (Å²) in [5.74, 6) is 1.61. The summed E-state index contributed by atoms with van der Waals surface area (Å²) >= 11 is 0. The molecule has 154 valence electrons. The van der Waals surface area contributed by atoms with Crippen LogP contribution in [0.3, 0.4) is 0 Å². The van der Waals surface area contributed by atoms with Crippen molar-refractivity contribution in [3.8, 4) is 0 Å². The van der Waals surface area contributed by atoms with E-state index in [-0.39, 0.29) is 29.4 Å². The molecule has 3 rings (SSSR count). The number of hydrogen-bond acceptors (Lipinski definition) is 5. The summed E-state index contributed by atoms with van der Waals surface area (Å²) in [5, 5.41) is 0. The van der Waals surface area contributed by atoms with Crippen molar-refractivity contribution in [2.45, 2.75) is 59.9 Å². The van der Waals surface area contributed by atoms with Crippen molar-refractivity contribution in [3.05, 3.63) is 18.1 Å². The van der Waals surface area contributed by atoms with Gasteiger partial charge in [-0.1, -0.05) is 34.6 Å². The van der Waals surface area contributed by atoms with E-state index >= 15 is 0 Å². The van der Waals surface area contributed by atoms with E-state index in [0.717, 1.165) is 38.0 Å². The second-order valence-corrected chi connectivity index (χ2v) is 9.32. The molecule has 0 bridgehead atoms. The fourth-order valence-electron chi connectivity index (χ4n) is 3.93. The molecule has 0 unspecified atom stereocenters. The number of cyclic esters (lactones) is 1. The minimum atomic E-state index is -0.336. The van der Waals surface area contributed by atoms with Crippen molar-refractivity contribution in [2.75, 3.05) is 24.6 Å². The van der Waals surface area contributed by atoms with Gasteiger partial charge in [0.15, 0.2) is 0 Å². The van der Waals surface area contributed by atoms with Crippen LogP contribution in [0, 0.1) is 17.3 Å². The maximum absolute atomic E-state index is 12.4. The Labute approximate surface area is 167 Å². The zero-order chi connectivity index (χ0) is 20.5. The van der Waals surface area contributed by atoms with Crippen LogP contribution >= 0.6 is 0 Å². The van der Waals surface area contributed by atoms with Crippen LogP contribution in [0.1, 0.15) is 53.2 Å². The Hall–Kier alpha value is -2.18. The molecule has 2 aliphatic heterocycles. The SMILES string of the molecule is CC(C)[C@@H]1COC(=O)N1c1cc(CC2CCN(C(=O)C(C)(C)C)CC2)ncn1. The van der Waals surface area contributed by atoms with Gasteiger partial charge in [0, 0.05) is 30.3 Å². The Morgan fingerprint density at radius 2 is 1.93 bits per heavy atom. The van der Waals surface area contributed by atoms with Crippen molar-refractivity contribution in [3.63, 3.8) is 0 Å². The average Bonchev–Trinajstić information content (AvgIpc) is 3.03. The van der Waals surface area contributed by atoms with Crippen LogP contribution in [0.25, 0.3) is 0 Å². The first-order valence-electron chi connectivity index (χ1n) is 10.2. The normalized spacial score (nSPS) is 21.4. The van der Waals surface area contributed by atoms with Crippen LogP contribution in [0.15, 0.2) is 12.4 Å². The van der Waals surface area contributed by atoms with E-state index < -0.39 is 0 Å². The van der Waals surface area contributed by atoms with E-state index in [1.165, 1.54) is 6.33 Å². The maximum Gasteiger partial charge on any atom is 0.415 e. The average molecular weight is 389 g/mol. The zero-order valence-electron chi connectivity index (χ0n) is 17.6. The molecule has 1 atom stereocenters. The monoisotopic (exact) mass is 388 g/mol. The Morgan fingerprint density at radius 3 is 2.54 bits per heavy atom. The summed E-state index contributed by atoms with van der Waals surface area (Å²) in [7, 11) is 0. The Bertz CT molecular complexity index is 721. The highest BCUT2D eigenvalue weighted by atomic mass is 16.6. The molecule has 0 radical (unpaired) electrons. The van der Waals surface area contributed by atoms with Gasteiger partial charge in [-0.2, -0.15) is 0 Å². The van der Waals surface area contributed by atoms with E-state index in [1.54, 1.807) is 4.90 Å². The number of ether oxygens (including phenoxy) is 1. The van der Waals surface area contributed by atoms with Crippen LogP contribution in [0.5, 0.6) is 0 Å². The first kappa shape index (κ1) is 20.6. The van der Waals surface area contributed by atoms with Crippen molar-refractivity contribution < 1.29 is 14.3 Å². The van der Waals surface area contributed by atoms with Crippen LogP contribution in [0.4, 0.5) is 10.6 Å². The summed E-state index contributed by atoms with van der Waals surface area (Å²) in [6.45, 7) is 12.1. The van der Waals surface area contributed by atoms with E-state index in [0.29, 0.717) is 18.3 Å². The first-order chi connectivity index (χ1) is 13.2. The van der Waals surface area contributed by atoms with E-state index in [4.69, 9.17) is 4.74 Å². The molecule has 7 heteroatoms. The van der Waals surface area contributed by atoms with Gasteiger partial charge < -0.3 is 9.64 Å². The van der Waals surface area contributed by atoms with Gasteiger partial charge >= 0.3 is 6.09 Å². The van der Waals surface area contributed by atoms with Crippen molar-refractivity contribution in [1.29, 1.82) is 0 Å². The Balaban J connectivity index is 1.63. The first-order valence-corrected chi connectivity index (χ1v) is 10.2. The molecule has 0 spiro atoms. The summed E-state index contributed by atoms with van der Waals surface area (Å²) < 4.78 is 5.23. The smallest absolute Gasteiger partial charge is 0.415 e. The molecule has 0 aliphatic carbocycles. The third kappa shape index (κ3) is 4.45. The van der Waals surface area contributed by atoms with Gasteiger partial charge in [0.25, 0.3) is 0 Å². The highest BCUT2D eigenvalue weighted by Crippen LogP contribution is 2.28. The lowest BCUT2D eigenvalue weighted by Crippen LogP contribution is -2.44. The number of piperidine rings is 1. The largest absolute Gasteiger partial charge is 0.447 e. The quantitative estimate of drug-likeness (QED) is 0.791. The van der Waals surface area contributed by atoms with Crippen molar-refractivity contribution in [1.82, 2.24) is 14.9 Å². The number of aromatic nitrogens is 2. The summed E-state index contributed by atoms with van der Waals surface area (Å²) in [4.78, 5) is 37.0. The van der Waals surface area contributed by atoms with Crippen LogP contribution in [0.2, 0.25) is 0 Å². The summed E-state index contributed by atoms with van der Waals surface area (Å²) in [6, 6.07) is 1.91. The molecule has 28 heavy (non-hydrogen) atoms. The molecule has 1 aromatic heterocycles. The van der Waals surface area contributed by atoms with Crippen LogP contribution < -0.4 is 4.90 Å². The van der Waals surface area contributed by atoms with Gasteiger partial charge in [-0.3, -0.25) is 9.69 Å². The predicted octanol–water partition coefficient (Wildman–Crippen LogP) is 3.29. The molecule has 2 aliphatic rings. The minimum Gasteiger partial charge on any atom is -0.447 e. The maximum atomic E-state index is 12.4. The second kappa shape index (κ2) is 8.05. The molecule has 0 saturated carbocycles. The second-order valence-electron chi connectivity index (χ2n) is 9.32. The van der Waals surface area contributed by atoms with Gasteiger partial charge in [-0.15, -0.1) is 0 Å². The lowest BCUT2D eigenvalue weighted by atomic mass is 9.89. The molecule has 2 saturated heterocycles. The minimum absolute atomic E-state index is 0.00176. The predicted molar refractivity (Wildman–Crippen MR) is 107 cm³/mol. The van der Waals surface area contributed by atoms with Crippen molar-refractivity contribution in [2.24, 2.45) is 17.3 Å². The summed E-state index contributed by atoms with van der Waals surface area (Å²) in [5.41, 5.74) is 0.610. The fourth-order valence-corrected chi connectivity index (χ4v) is 3.93. The van der Waals surface area contributed by atoms with Gasteiger partial charge in [-0.05, 0) is 31.1 Å². The molecule has 3 heterocycles. The Morgan fingerprint density at radius 1 is 1.25 bits per heavy atom. The number of hydrogen-bond donors (Lipinski definition) is 0. The molecular weight excluding hydrogens is 356 g/mol. The number of anilines is 1. The highest BCUT2D eigenvalue weighted by Gasteiger charge is 2.37. The highest BCUT2D eigenvalue weighted by molar-refractivity contribution is 5.89. The van der Waals surface area contributed by atoms with Gasteiger partial charge in [0.2, 0.25) is 5.91 Å². The van der Waals surface area contributed by atoms with E-state index in [1.807, 2.05) is 31.7 Å².